The molecule has 0 aromatic carbocycles. The van der Waals surface area contributed by atoms with Crippen LogP contribution in [0.15, 0.2) is 22.8 Å². The van der Waals surface area contributed by atoms with Gasteiger partial charge in [-0.05, 0) is 32.3 Å². The van der Waals surface area contributed by atoms with Crippen molar-refractivity contribution in [3.63, 3.8) is 0 Å². The molecule has 10 heavy (non-hydrogen) atoms. The molecule has 0 fully saturated rings. The van der Waals surface area contributed by atoms with Gasteiger partial charge < -0.3 is 0 Å². The van der Waals surface area contributed by atoms with E-state index in [2.05, 4.69) is 13.8 Å². The van der Waals surface area contributed by atoms with E-state index in [-0.39, 0.29) is 0 Å². The van der Waals surface area contributed by atoms with Gasteiger partial charge in [0, 0.05) is 0 Å². The van der Waals surface area contributed by atoms with Gasteiger partial charge >= 0.3 is 0 Å². The molecule has 0 spiro atoms. The molecule has 0 saturated carbocycles. The highest BCUT2D eigenvalue weighted by atomic mass is 16.1. The first kappa shape index (κ1) is 7.26. The van der Waals surface area contributed by atoms with E-state index in [4.69, 9.17) is 0 Å². The molecule has 0 unspecified atom stereocenters. The zero-order valence-electron chi connectivity index (χ0n) is 6.48. The third-order valence-corrected chi connectivity index (χ3v) is 1.89. The van der Waals surface area contributed by atoms with E-state index < -0.39 is 0 Å². The van der Waals surface area contributed by atoms with E-state index in [0.29, 0.717) is 0 Å². The number of allylic oxidation sites excluding steroid dienone is 4. The molecule has 0 aliphatic heterocycles. The lowest BCUT2D eigenvalue weighted by molar-refractivity contribution is -0.104. The number of carbonyl (C=O) groups is 1. The summed E-state index contributed by atoms with van der Waals surface area (Å²) in [5.41, 5.74) is 3.70. The van der Waals surface area contributed by atoms with Gasteiger partial charge in [0.25, 0.3) is 0 Å². The normalized spacial score (nSPS) is 17.0. The quantitative estimate of drug-likeness (QED) is 0.399. The lowest BCUT2D eigenvalue weighted by Gasteiger charge is -1.97. The highest BCUT2D eigenvalue weighted by Crippen LogP contribution is 2.24. The maximum atomic E-state index is 10.3. The Kier molecular flexibility index (Phi) is 2.05. The van der Waals surface area contributed by atoms with E-state index in [9.17, 15) is 4.79 Å². The van der Waals surface area contributed by atoms with Crippen LogP contribution in [0.25, 0.3) is 0 Å². The van der Waals surface area contributed by atoms with Crippen LogP contribution in [0.3, 0.4) is 0 Å². The first-order valence-corrected chi connectivity index (χ1v) is 3.53. The topological polar surface area (TPSA) is 17.1 Å². The molecular weight excluding hydrogens is 124 g/mol. The average Bonchev–Trinajstić information content (AvgIpc) is 2.34. The molecule has 0 heterocycles. The summed E-state index contributed by atoms with van der Waals surface area (Å²) in [6, 6.07) is 0. The van der Waals surface area contributed by atoms with Gasteiger partial charge in [-0.1, -0.05) is 17.2 Å². The molecule has 0 amide bonds. The Labute approximate surface area is 61.4 Å². The van der Waals surface area contributed by atoms with Crippen molar-refractivity contribution >= 4 is 6.29 Å². The van der Waals surface area contributed by atoms with Crippen LogP contribution in [0.5, 0.6) is 0 Å². The predicted octanol–water partition coefficient (Wildman–Crippen LogP) is 2.24. The highest BCUT2D eigenvalue weighted by molar-refractivity contribution is 5.75. The van der Waals surface area contributed by atoms with Crippen LogP contribution in [0, 0.1) is 0 Å². The Morgan fingerprint density at radius 2 is 2.30 bits per heavy atom. The maximum absolute atomic E-state index is 10.3. The molecule has 1 nitrogen and oxygen atoms in total. The van der Waals surface area contributed by atoms with Crippen LogP contribution in [-0.2, 0) is 4.79 Å². The minimum Gasteiger partial charge on any atom is -0.298 e. The lowest BCUT2D eigenvalue weighted by Crippen LogP contribution is -1.81. The van der Waals surface area contributed by atoms with Crippen molar-refractivity contribution in [2.45, 2.75) is 26.7 Å². The summed E-state index contributed by atoms with van der Waals surface area (Å²) < 4.78 is 0. The lowest BCUT2D eigenvalue weighted by atomic mass is 10.1. The Bertz CT molecular complexity index is 205. The molecule has 54 valence electrons. The van der Waals surface area contributed by atoms with Gasteiger partial charge in [-0.25, -0.2) is 0 Å². The first-order chi connectivity index (χ1) is 4.74. The van der Waals surface area contributed by atoms with E-state index in [1.54, 1.807) is 0 Å². The fraction of sp³-hybridized carbons (Fsp3) is 0.444. The van der Waals surface area contributed by atoms with Crippen LogP contribution in [-0.4, -0.2) is 6.29 Å². The molecule has 1 aliphatic rings. The van der Waals surface area contributed by atoms with Crippen molar-refractivity contribution < 1.29 is 4.79 Å². The SMILES string of the molecule is CC(C)=C1CC=C(C=O)C1. The van der Waals surface area contributed by atoms with Crippen LogP contribution in [0.1, 0.15) is 26.7 Å². The van der Waals surface area contributed by atoms with Gasteiger partial charge in [0.1, 0.15) is 6.29 Å². The second kappa shape index (κ2) is 2.82. The van der Waals surface area contributed by atoms with Gasteiger partial charge in [0.05, 0.1) is 0 Å². The second-order valence-corrected chi connectivity index (χ2v) is 2.88. The van der Waals surface area contributed by atoms with Crippen molar-refractivity contribution in [2.24, 2.45) is 0 Å². The van der Waals surface area contributed by atoms with Gasteiger partial charge in [-0.15, -0.1) is 0 Å². The fourth-order valence-electron chi connectivity index (χ4n) is 1.12. The molecule has 0 aromatic heterocycles. The molecule has 0 atom stereocenters. The monoisotopic (exact) mass is 136 g/mol. The van der Waals surface area contributed by atoms with Crippen molar-refractivity contribution in [2.75, 3.05) is 0 Å². The van der Waals surface area contributed by atoms with E-state index in [1.807, 2.05) is 6.08 Å². The number of hydrogen-bond donors (Lipinski definition) is 0. The molecule has 0 radical (unpaired) electrons. The molecule has 0 N–H and O–H groups in total. The Morgan fingerprint density at radius 1 is 1.60 bits per heavy atom. The summed E-state index contributed by atoms with van der Waals surface area (Å²) in [7, 11) is 0. The predicted molar refractivity (Wildman–Crippen MR) is 41.8 cm³/mol. The number of aldehydes is 1. The van der Waals surface area contributed by atoms with E-state index >= 15 is 0 Å². The Hall–Kier alpha value is -0.850. The summed E-state index contributed by atoms with van der Waals surface area (Å²) in [5, 5.41) is 0. The molecule has 0 aromatic rings. The van der Waals surface area contributed by atoms with Crippen molar-refractivity contribution in [3.8, 4) is 0 Å². The van der Waals surface area contributed by atoms with Crippen LogP contribution in [0.4, 0.5) is 0 Å². The summed E-state index contributed by atoms with van der Waals surface area (Å²) in [4.78, 5) is 10.3. The average molecular weight is 136 g/mol. The summed E-state index contributed by atoms with van der Waals surface area (Å²) in [5.74, 6) is 0. The minimum absolute atomic E-state index is 0.881. The smallest absolute Gasteiger partial charge is 0.146 e. The first-order valence-electron chi connectivity index (χ1n) is 3.53. The van der Waals surface area contributed by atoms with E-state index in [0.717, 1.165) is 24.7 Å². The highest BCUT2D eigenvalue weighted by Gasteiger charge is 2.08. The Balaban J connectivity index is 2.68. The standard InChI is InChI=1S/C9H12O/c1-7(2)9-4-3-8(5-9)6-10/h3,6H,4-5H2,1-2H3. The maximum Gasteiger partial charge on any atom is 0.146 e. The van der Waals surface area contributed by atoms with Crippen LogP contribution >= 0.6 is 0 Å². The van der Waals surface area contributed by atoms with E-state index in [1.165, 1.54) is 11.1 Å². The van der Waals surface area contributed by atoms with Gasteiger partial charge in [0.2, 0.25) is 0 Å². The largest absolute Gasteiger partial charge is 0.298 e. The molecule has 1 heteroatoms. The van der Waals surface area contributed by atoms with Crippen molar-refractivity contribution in [1.29, 1.82) is 0 Å². The number of hydrogen-bond acceptors (Lipinski definition) is 1. The van der Waals surface area contributed by atoms with Crippen molar-refractivity contribution in [1.82, 2.24) is 0 Å². The van der Waals surface area contributed by atoms with Gasteiger partial charge in [-0.2, -0.15) is 0 Å². The van der Waals surface area contributed by atoms with Crippen LogP contribution < -0.4 is 0 Å². The Morgan fingerprint density at radius 3 is 2.60 bits per heavy atom. The third-order valence-electron chi connectivity index (χ3n) is 1.89. The molecule has 1 rings (SSSR count). The third kappa shape index (κ3) is 1.35. The number of carbonyl (C=O) groups excluding carboxylic acids is 1. The number of rotatable bonds is 1. The summed E-state index contributed by atoms with van der Waals surface area (Å²) in [6.07, 6.45) is 4.83. The zero-order chi connectivity index (χ0) is 7.56. The molecular formula is C9H12O. The summed E-state index contributed by atoms with van der Waals surface area (Å²) in [6.45, 7) is 4.19. The van der Waals surface area contributed by atoms with Gasteiger partial charge in [-0.3, -0.25) is 4.79 Å². The minimum atomic E-state index is 0.881. The second-order valence-electron chi connectivity index (χ2n) is 2.88. The van der Waals surface area contributed by atoms with Crippen molar-refractivity contribution in [3.05, 3.63) is 22.8 Å². The molecule has 0 bridgehead atoms. The zero-order valence-corrected chi connectivity index (χ0v) is 6.48. The van der Waals surface area contributed by atoms with Gasteiger partial charge in [0.15, 0.2) is 0 Å². The molecule has 0 saturated heterocycles. The fourth-order valence-corrected chi connectivity index (χ4v) is 1.12. The summed E-state index contributed by atoms with van der Waals surface area (Å²) >= 11 is 0. The van der Waals surface area contributed by atoms with Crippen LogP contribution in [0.2, 0.25) is 0 Å². The molecule has 1 aliphatic carbocycles.